The number of ether oxygens (including phenoxy) is 2. The van der Waals surface area contributed by atoms with E-state index in [0.717, 1.165) is 4.90 Å². The molecule has 26 heavy (non-hydrogen) atoms. The minimum absolute atomic E-state index is 0.135. The minimum atomic E-state index is -0.463. The number of hydrogen-bond acceptors (Lipinski definition) is 5. The molecular formula is C19H20ClNO4S. The summed E-state index contributed by atoms with van der Waals surface area (Å²) in [5.74, 6) is -0.313. The molecule has 0 saturated heterocycles. The number of hydrogen-bond donors (Lipinski definition) is 1. The van der Waals surface area contributed by atoms with Crippen LogP contribution in [0.5, 0.6) is 5.75 Å². The monoisotopic (exact) mass is 393 g/mol. The van der Waals surface area contributed by atoms with E-state index in [1.807, 2.05) is 32.0 Å². The van der Waals surface area contributed by atoms with Gasteiger partial charge >= 0.3 is 5.97 Å². The van der Waals surface area contributed by atoms with Gasteiger partial charge in [-0.05, 0) is 55.3 Å². The van der Waals surface area contributed by atoms with E-state index in [4.69, 9.17) is 21.1 Å². The number of methoxy groups -OCH3 is 1. The van der Waals surface area contributed by atoms with Gasteiger partial charge in [-0.25, -0.2) is 0 Å². The van der Waals surface area contributed by atoms with Gasteiger partial charge in [-0.1, -0.05) is 17.7 Å². The lowest BCUT2D eigenvalue weighted by Crippen LogP contribution is -2.21. The molecule has 7 heteroatoms. The van der Waals surface area contributed by atoms with Gasteiger partial charge in [0.2, 0.25) is 0 Å². The predicted octanol–water partition coefficient (Wildman–Crippen LogP) is 4.24. The van der Waals surface area contributed by atoms with Crippen molar-refractivity contribution in [2.75, 3.05) is 24.8 Å². The number of carbonyl (C=O) groups is 2. The maximum Gasteiger partial charge on any atom is 0.316 e. The van der Waals surface area contributed by atoms with E-state index in [2.05, 4.69) is 5.32 Å². The molecule has 0 fully saturated rings. The highest BCUT2D eigenvalue weighted by Gasteiger charge is 2.11. The molecule has 0 spiro atoms. The Balaban J connectivity index is 1.80. The summed E-state index contributed by atoms with van der Waals surface area (Å²) >= 11 is 7.28. The second-order valence-corrected chi connectivity index (χ2v) is 7.07. The first kappa shape index (κ1) is 20.1. The summed E-state index contributed by atoms with van der Waals surface area (Å²) in [6.45, 7) is 3.68. The average molecular weight is 394 g/mol. The largest absolute Gasteiger partial charge is 0.495 e. The number of amides is 1. The second-order valence-electron chi connectivity index (χ2n) is 5.59. The molecule has 0 unspecified atom stereocenters. The maximum absolute atomic E-state index is 12.0. The van der Waals surface area contributed by atoms with E-state index in [0.29, 0.717) is 16.5 Å². The van der Waals surface area contributed by atoms with Gasteiger partial charge in [-0.2, -0.15) is 0 Å². The molecular weight excluding hydrogens is 374 g/mol. The maximum atomic E-state index is 12.0. The Morgan fingerprint density at radius 3 is 2.58 bits per heavy atom. The molecule has 5 nitrogen and oxygen atoms in total. The molecule has 0 saturated carbocycles. The first-order chi connectivity index (χ1) is 12.4. The van der Waals surface area contributed by atoms with Gasteiger partial charge in [0.1, 0.15) is 5.75 Å². The van der Waals surface area contributed by atoms with Crippen molar-refractivity contribution in [1.82, 2.24) is 0 Å². The van der Waals surface area contributed by atoms with Crippen molar-refractivity contribution in [1.29, 1.82) is 0 Å². The van der Waals surface area contributed by atoms with Gasteiger partial charge in [0.15, 0.2) is 6.61 Å². The Morgan fingerprint density at radius 2 is 1.88 bits per heavy atom. The number of nitrogens with one attached hydrogen (secondary N) is 1. The Labute approximate surface area is 162 Å². The zero-order valence-corrected chi connectivity index (χ0v) is 16.4. The third kappa shape index (κ3) is 5.97. The minimum Gasteiger partial charge on any atom is -0.495 e. The molecule has 2 aromatic carbocycles. The van der Waals surface area contributed by atoms with Gasteiger partial charge in [-0.15, -0.1) is 11.8 Å². The van der Waals surface area contributed by atoms with Crippen LogP contribution in [0.2, 0.25) is 5.02 Å². The summed E-state index contributed by atoms with van der Waals surface area (Å²) in [7, 11) is 1.49. The van der Waals surface area contributed by atoms with E-state index in [1.54, 1.807) is 18.2 Å². The standard InChI is InChI=1S/C19H20ClNO4S/c1-12-4-6-15(8-13(12)2)26-11-19(23)25-10-18(22)21-16-9-14(20)5-7-17(16)24-3/h4-9H,10-11H2,1-3H3,(H,21,22). The summed E-state index contributed by atoms with van der Waals surface area (Å²) in [6, 6.07) is 10.8. The Morgan fingerprint density at radius 1 is 1.12 bits per heavy atom. The van der Waals surface area contributed by atoms with Gasteiger partial charge in [0.25, 0.3) is 5.91 Å². The van der Waals surface area contributed by atoms with Crippen LogP contribution in [-0.4, -0.2) is 31.3 Å². The normalized spacial score (nSPS) is 10.3. The molecule has 0 aliphatic carbocycles. The van der Waals surface area contributed by atoms with Gasteiger partial charge < -0.3 is 14.8 Å². The summed E-state index contributed by atoms with van der Waals surface area (Å²) in [5, 5.41) is 3.07. The van der Waals surface area contributed by atoms with Crippen LogP contribution in [-0.2, 0) is 14.3 Å². The Kier molecular flexibility index (Phi) is 7.36. The zero-order chi connectivity index (χ0) is 19.1. The molecule has 138 valence electrons. The Hall–Kier alpha value is -2.18. The zero-order valence-electron chi connectivity index (χ0n) is 14.8. The lowest BCUT2D eigenvalue weighted by Gasteiger charge is -2.11. The number of anilines is 1. The smallest absolute Gasteiger partial charge is 0.316 e. The van der Waals surface area contributed by atoms with Crippen LogP contribution in [0.3, 0.4) is 0 Å². The van der Waals surface area contributed by atoms with Crippen molar-refractivity contribution in [3.8, 4) is 5.75 Å². The highest BCUT2D eigenvalue weighted by atomic mass is 35.5. The fourth-order valence-electron chi connectivity index (χ4n) is 2.10. The van der Waals surface area contributed by atoms with Crippen molar-refractivity contribution in [2.24, 2.45) is 0 Å². The molecule has 2 aromatic rings. The molecule has 0 aromatic heterocycles. The lowest BCUT2D eigenvalue weighted by molar-refractivity contribution is -0.144. The van der Waals surface area contributed by atoms with Crippen molar-refractivity contribution in [3.63, 3.8) is 0 Å². The first-order valence-electron chi connectivity index (χ1n) is 7.88. The average Bonchev–Trinajstić information content (AvgIpc) is 2.61. The number of rotatable bonds is 7. The lowest BCUT2D eigenvalue weighted by atomic mass is 10.1. The van der Waals surface area contributed by atoms with Crippen molar-refractivity contribution >= 4 is 40.9 Å². The van der Waals surface area contributed by atoms with Gasteiger partial charge in [0.05, 0.1) is 18.6 Å². The predicted molar refractivity (Wildman–Crippen MR) is 104 cm³/mol. The van der Waals surface area contributed by atoms with Crippen molar-refractivity contribution in [2.45, 2.75) is 18.7 Å². The first-order valence-corrected chi connectivity index (χ1v) is 9.24. The molecule has 2 rings (SSSR count). The SMILES string of the molecule is COc1ccc(Cl)cc1NC(=O)COC(=O)CSc1ccc(C)c(C)c1. The van der Waals surface area contributed by atoms with Crippen molar-refractivity contribution in [3.05, 3.63) is 52.5 Å². The van der Waals surface area contributed by atoms with E-state index < -0.39 is 11.9 Å². The van der Waals surface area contributed by atoms with Gasteiger partial charge in [0, 0.05) is 9.92 Å². The highest BCUT2D eigenvalue weighted by Crippen LogP contribution is 2.27. The molecule has 1 N–H and O–H groups in total. The second kappa shape index (κ2) is 9.50. The summed E-state index contributed by atoms with van der Waals surface area (Å²) < 4.78 is 10.2. The van der Waals surface area contributed by atoms with E-state index in [-0.39, 0.29) is 12.4 Å². The summed E-state index contributed by atoms with van der Waals surface area (Å²) in [4.78, 5) is 24.8. The fraction of sp³-hybridized carbons (Fsp3) is 0.263. The number of benzene rings is 2. The van der Waals surface area contributed by atoms with Crippen molar-refractivity contribution < 1.29 is 19.1 Å². The molecule has 0 aliphatic heterocycles. The van der Waals surface area contributed by atoms with Crippen LogP contribution in [0.4, 0.5) is 5.69 Å². The third-order valence-electron chi connectivity index (χ3n) is 3.63. The quantitative estimate of drug-likeness (QED) is 0.563. The number of aryl methyl sites for hydroxylation is 2. The number of esters is 1. The van der Waals surface area contributed by atoms with Crippen LogP contribution < -0.4 is 10.1 Å². The number of carbonyl (C=O) groups excluding carboxylic acids is 2. The number of thioether (sulfide) groups is 1. The van der Waals surface area contributed by atoms with Crippen LogP contribution in [0.1, 0.15) is 11.1 Å². The van der Waals surface area contributed by atoms with E-state index >= 15 is 0 Å². The molecule has 0 heterocycles. The molecule has 0 aliphatic rings. The fourth-order valence-corrected chi connectivity index (χ4v) is 3.06. The molecule has 0 radical (unpaired) electrons. The van der Waals surface area contributed by atoms with Crippen LogP contribution >= 0.6 is 23.4 Å². The van der Waals surface area contributed by atoms with E-state index in [1.165, 1.54) is 30.0 Å². The topological polar surface area (TPSA) is 64.6 Å². The Bertz CT molecular complexity index is 810. The molecule has 0 atom stereocenters. The molecule has 1 amide bonds. The van der Waals surface area contributed by atoms with E-state index in [9.17, 15) is 9.59 Å². The highest BCUT2D eigenvalue weighted by molar-refractivity contribution is 8.00. The van der Waals surface area contributed by atoms with Crippen LogP contribution in [0.25, 0.3) is 0 Å². The van der Waals surface area contributed by atoms with Gasteiger partial charge in [-0.3, -0.25) is 9.59 Å². The summed E-state index contributed by atoms with van der Waals surface area (Å²) in [5.41, 5.74) is 2.79. The summed E-state index contributed by atoms with van der Waals surface area (Å²) in [6.07, 6.45) is 0. The van der Waals surface area contributed by atoms with Crippen LogP contribution in [0.15, 0.2) is 41.3 Å². The number of halogens is 1. The third-order valence-corrected chi connectivity index (χ3v) is 4.84. The molecule has 0 bridgehead atoms. The van der Waals surface area contributed by atoms with Crippen LogP contribution in [0, 0.1) is 13.8 Å².